The number of benzene rings is 2. The molecule has 136 valence electrons. The van der Waals surface area contributed by atoms with Crippen molar-refractivity contribution in [3.63, 3.8) is 0 Å². The molecule has 1 N–H and O–H groups in total. The van der Waals surface area contributed by atoms with Crippen LogP contribution in [0.4, 0.5) is 5.13 Å². The van der Waals surface area contributed by atoms with E-state index in [0.717, 1.165) is 21.1 Å². The van der Waals surface area contributed by atoms with E-state index >= 15 is 0 Å². The third-order valence-electron chi connectivity index (χ3n) is 3.71. The number of rotatable bonds is 6. The summed E-state index contributed by atoms with van der Waals surface area (Å²) < 4.78 is 7.56. The van der Waals surface area contributed by atoms with Gasteiger partial charge in [-0.2, -0.15) is 0 Å². The fourth-order valence-electron chi connectivity index (χ4n) is 2.33. The van der Waals surface area contributed by atoms with Crippen LogP contribution in [0.15, 0.2) is 40.9 Å². The van der Waals surface area contributed by atoms with Crippen LogP contribution in [-0.2, 0) is 0 Å². The molecule has 7 heteroatoms. The molecule has 0 radical (unpaired) electrons. The smallest absolute Gasteiger partial charge is 0.261 e. The highest BCUT2D eigenvalue weighted by molar-refractivity contribution is 9.10. The minimum atomic E-state index is -0.254. The van der Waals surface area contributed by atoms with Gasteiger partial charge in [0, 0.05) is 9.50 Å². The van der Waals surface area contributed by atoms with Crippen LogP contribution in [0.5, 0.6) is 5.75 Å². The molecule has 0 unspecified atom stereocenters. The van der Waals surface area contributed by atoms with Gasteiger partial charge in [-0.1, -0.05) is 52.7 Å². The highest BCUT2D eigenvalue weighted by atomic mass is 79.9. The van der Waals surface area contributed by atoms with E-state index in [2.05, 4.69) is 40.1 Å². The van der Waals surface area contributed by atoms with Crippen molar-refractivity contribution in [2.45, 2.75) is 20.3 Å². The van der Waals surface area contributed by atoms with Gasteiger partial charge in [0.05, 0.1) is 22.4 Å². The molecule has 26 heavy (non-hydrogen) atoms. The fourth-order valence-corrected chi connectivity index (χ4v) is 3.82. The largest absolute Gasteiger partial charge is 0.493 e. The highest BCUT2D eigenvalue weighted by Gasteiger charge is 2.16. The standard InChI is InChI=1S/C19H18BrClN2O2S/c1-11(2)7-8-25-16-6-3-12(20)9-14(16)18(24)23-19-22-15-5-4-13(21)10-17(15)26-19/h3-6,9-11H,7-8H2,1-2H3,(H,22,23,24). The second kappa shape index (κ2) is 8.37. The molecule has 4 nitrogen and oxygen atoms in total. The average molecular weight is 454 g/mol. The summed E-state index contributed by atoms with van der Waals surface area (Å²) in [5.41, 5.74) is 1.28. The van der Waals surface area contributed by atoms with Crippen molar-refractivity contribution >= 4 is 60.1 Å². The van der Waals surface area contributed by atoms with Crippen LogP contribution in [0.25, 0.3) is 10.2 Å². The Kier molecular flexibility index (Phi) is 6.16. The van der Waals surface area contributed by atoms with E-state index in [1.165, 1.54) is 11.3 Å². The van der Waals surface area contributed by atoms with Gasteiger partial charge < -0.3 is 4.74 Å². The molecule has 1 amide bonds. The number of nitrogens with zero attached hydrogens (tertiary/aromatic N) is 1. The number of nitrogens with one attached hydrogen (secondary N) is 1. The molecule has 0 aliphatic heterocycles. The summed E-state index contributed by atoms with van der Waals surface area (Å²) >= 11 is 10.8. The van der Waals surface area contributed by atoms with Crippen molar-refractivity contribution in [2.75, 3.05) is 11.9 Å². The first-order valence-corrected chi connectivity index (χ1v) is 10.2. The predicted molar refractivity (Wildman–Crippen MR) is 112 cm³/mol. The summed E-state index contributed by atoms with van der Waals surface area (Å²) in [4.78, 5) is 17.2. The van der Waals surface area contributed by atoms with Gasteiger partial charge in [0.15, 0.2) is 5.13 Å². The van der Waals surface area contributed by atoms with Crippen LogP contribution in [0.1, 0.15) is 30.6 Å². The molecule has 0 bridgehead atoms. The molecule has 0 fully saturated rings. The zero-order valence-corrected chi connectivity index (χ0v) is 17.5. The maximum atomic E-state index is 12.8. The fraction of sp³-hybridized carbons (Fsp3) is 0.263. The first-order valence-electron chi connectivity index (χ1n) is 8.22. The third kappa shape index (κ3) is 4.75. The van der Waals surface area contributed by atoms with E-state index in [4.69, 9.17) is 16.3 Å². The van der Waals surface area contributed by atoms with Crippen LogP contribution in [0.3, 0.4) is 0 Å². The SMILES string of the molecule is CC(C)CCOc1ccc(Br)cc1C(=O)Nc1nc2ccc(Cl)cc2s1. The van der Waals surface area contributed by atoms with Crippen molar-refractivity contribution < 1.29 is 9.53 Å². The number of amides is 1. The molecule has 3 rings (SSSR count). The van der Waals surface area contributed by atoms with Crippen molar-refractivity contribution in [3.05, 3.63) is 51.5 Å². The van der Waals surface area contributed by atoms with Crippen molar-refractivity contribution in [2.24, 2.45) is 5.92 Å². The van der Waals surface area contributed by atoms with E-state index in [9.17, 15) is 4.79 Å². The zero-order chi connectivity index (χ0) is 18.7. The molecule has 1 aromatic heterocycles. The van der Waals surface area contributed by atoms with Crippen LogP contribution in [-0.4, -0.2) is 17.5 Å². The number of aromatic nitrogens is 1. The van der Waals surface area contributed by atoms with E-state index < -0.39 is 0 Å². The molecular formula is C19H18BrClN2O2S. The van der Waals surface area contributed by atoms with Crippen LogP contribution < -0.4 is 10.1 Å². The molecule has 0 spiro atoms. The molecule has 0 aliphatic rings. The van der Waals surface area contributed by atoms with Crippen LogP contribution in [0.2, 0.25) is 5.02 Å². The lowest BCUT2D eigenvalue weighted by molar-refractivity contribution is 0.102. The number of thiazole rings is 1. The van der Waals surface area contributed by atoms with Crippen molar-refractivity contribution in [3.8, 4) is 5.75 Å². The lowest BCUT2D eigenvalue weighted by Crippen LogP contribution is -2.14. The topological polar surface area (TPSA) is 51.2 Å². The second-order valence-electron chi connectivity index (χ2n) is 6.26. The van der Waals surface area contributed by atoms with Gasteiger partial charge in [0.25, 0.3) is 5.91 Å². The molecule has 3 aromatic rings. The Morgan fingerprint density at radius 2 is 2.12 bits per heavy atom. The summed E-state index contributed by atoms with van der Waals surface area (Å²) in [7, 11) is 0. The minimum absolute atomic E-state index is 0.254. The number of hydrogen-bond acceptors (Lipinski definition) is 4. The minimum Gasteiger partial charge on any atom is -0.493 e. The summed E-state index contributed by atoms with van der Waals surface area (Å²) in [6, 6.07) is 10.9. The first kappa shape index (κ1) is 19.1. The summed E-state index contributed by atoms with van der Waals surface area (Å²) in [6.07, 6.45) is 0.926. The van der Waals surface area contributed by atoms with Gasteiger partial charge >= 0.3 is 0 Å². The van der Waals surface area contributed by atoms with Gasteiger partial charge in [-0.3, -0.25) is 10.1 Å². The van der Waals surface area contributed by atoms with Crippen molar-refractivity contribution in [1.29, 1.82) is 0 Å². The van der Waals surface area contributed by atoms with E-state index in [0.29, 0.717) is 34.0 Å². The molecule has 1 heterocycles. The normalized spacial score (nSPS) is 11.1. The van der Waals surface area contributed by atoms with E-state index in [1.807, 2.05) is 18.2 Å². The third-order valence-corrected chi connectivity index (χ3v) is 5.37. The van der Waals surface area contributed by atoms with Gasteiger partial charge in [0.2, 0.25) is 0 Å². The Bertz CT molecular complexity index is 942. The Balaban J connectivity index is 1.80. The number of anilines is 1. The van der Waals surface area contributed by atoms with Gasteiger partial charge in [0.1, 0.15) is 5.75 Å². The number of fused-ring (bicyclic) bond motifs is 1. The van der Waals surface area contributed by atoms with Gasteiger partial charge in [-0.25, -0.2) is 4.98 Å². The quantitative estimate of drug-likeness (QED) is 0.470. The Hall–Kier alpha value is -1.63. The summed E-state index contributed by atoms with van der Waals surface area (Å²) in [5, 5.41) is 4.03. The van der Waals surface area contributed by atoms with Gasteiger partial charge in [-0.15, -0.1) is 0 Å². The van der Waals surface area contributed by atoms with E-state index in [-0.39, 0.29) is 5.91 Å². The highest BCUT2D eigenvalue weighted by Crippen LogP contribution is 2.30. The second-order valence-corrected chi connectivity index (χ2v) is 8.64. The number of carbonyl (C=O) groups is 1. The summed E-state index contributed by atoms with van der Waals surface area (Å²) in [5.74, 6) is 0.851. The molecule has 0 atom stereocenters. The monoisotopic (exact) mass is 452 g/mol. The van der Waals surface area contributed by atoms with E-state index in [1.54, 1.807) is 18.2 Å². The maximum Gasteiger partial charge on any atom is 0.261 e. The number of carbonyl (C=O) groups excluding carboxylic acids is 1. The molecule has 2 aromatic carbocycles. The number of halogens is 2. The number of hydrogen-bond donors (Lipinski definition) is 1. The Morgan fingerprint density at radius 3 is 2.88 bits per heavy atom. The molecular weight excluding hydrogens is 436 g/mol. The van der Waals surface area contributed by atoms with Crippen LogP contribution in [0, 0.1) is 5.92 Å². The Labute approximate surface area is 169 Å². The number of ether oxygens (including phenoxy) is 1. The molecule has 0 aliphatic carbocycles. The van der Waals surface area contributed by atoms with Gasteiger partial charge in [-0.05, 0) is 48.7 Å². The first-order chi connectivity index (χ1) is 12.4. The molecule has 0 saturated carbocycles. The summed E-state index contributed by atoms with van der Waals surface area (Å²) in [6.45, 7) is 4.84. The molecule has 0 saturated heterocycles. The van der Waals surface area contributed by atoms with Crippen molar-refractivity contribution in [1.82, 2.24) is 4.98 Å². The predicted octanol–water partition coefficient (Wildman–Crippen LogP) is 6.39. The lowest BCUT2D eigenvalue weighted by Gasteiger charge is -2.12. The van der Waals surface area contributed by atoms with Crippen LogP contribution >= 0.6 is 38.9 Å². The lowest BCUT2D eigenvalue weighted by atomic mass is 10.1. The Morgan fingerprint density at radius 1 is 1.31 bits per heavy atom. The zero-order valence-electron chi connectivity index (χ0n) is 14.4. The average Bonchev–Trinajstić information content (AvgIpc) is 2.97. The maximum absolute atomic E-state index is 12.8.